The van der Waals surface area contributed by atoms with Crippen molar-refractivity contribution in [3.8, 4) is 0 Å². The largest absolute Gasteiger partial charge is 0.462 e. The molecule has 1 amide bonds. The van der Waals surface area contributed by atoms with Crippen LogP contribution in [0.5, 0.6) is 0 Å². The Labute approximate surface area is 160 Å². The molecule has 6 heteroatoms. The summed E-state index contributed by atoms with van der Waals surface area (Å²) in [4.78, 5) is 29.9. The van der Waals surface area contributed by atoms with Gasteiger partial charge < -0.3 is 19.9 Å². The number of hydrogen-bond acceptors (Lipinski definition) is 4. The molecule has 0 aliphatic carbocycles. The lowest BCUT2D eigenvalue weighted by Crippen LogP contribution is -2.41. The number of amides is 1. The van der Waals surface area contributed by atoms with Crippen LogP contribution in [-0.4, -0.2) is 55.0 Å². The quantitative estimate of drug-likeness (QED) is 0.700. The highest BCUT2D eigenvalue weighted by atomic mass is 16.5. The Kier molecular flexibility index (Phi) is 7.19. The molecule has 0 spiro atoms. The molecule has 0 aliphatic rings. The second kappa shape index (κ2) is 9.37. The molecule has 27 heavy (non-hydrogen) atoms. The molecular weight excluding hydrogens is 342 g/mol. The smallest absolute Gasteiger partial charge is 0.340 e. The van der Waals surface area contributed by atoms with E-state index in [9.17, 15) is 9.59 Å². The summed E-state index contributed by atoms with van der Waals surface area (Å²) in [6, 6.07) is 10.4. The van der Waals surface area contributed by atoms with Gasteiger partial charge in [0.2, 0.25) is 0 Å². The van der Waals surface area contributed by atoms with E-state index in [1.54, 1.807) is 20.8 Å². The fourth-order valence-corrected chi connectivity index (χ4v) is 3.11. The van der Waals surface area contributed by atoms with Crippen molar-refractivity contribution in [2.24, 2.45) is 0 Å². The zero-order valence-corrected chi connectivity index (χ0v) is 16.8. The first-order valence-corrected chi connectivity index (χ1v) is 9.20. The minimum absolute atomic E-state index is 0.164. The van der Waals surface area contributed by atoms with E-state index >= 15 is 0 Å². The van der Waals surface area contributed by atoms with Crippen LogP contribution in [0, 0.1) is 13.8 Å². The van der Waals surface area contributed by atoms with E-state index in [0.717, 1.165) is 6.42 Å². The Hall–Kier alpha value is -2.60. The molecule has 1 aromatic heterocycles. The number of aromatic nitrogens is 1. The van der Waals surface area contributed by atoms with Crippen LogP contribution in [0.4, 0.5) is 0 Å². The maximum Gasteiger partial charge on any atom is 0.340 e. The highest BCUT2D eigenvalue weighted by Gasteiger charge is 2.23. The molecule has 1 aromatic carbocycles. The molecule has 2 aromatic rings. The lowest BCUT2D eigenvalue weighted by molar-refractivity contribution is 0.0525. The molecule has 0 saturated heterocycles. The molecular formula is C21H29N3O3. The predicted molar refractivity (Wildman–Crippen MR) is 106 cm³/mol. The number of aromatic amines is 1. The van der Waals surface area contributed by atoms with Gasteiger partial charge >= 0.3 is 5.97 Å². The number of ether oxygens (including phenoxy) is 1. The van der Waals surface area contributed by atoms with Gasteiger partial charge in [0.15, 0.2) is 0 Å². The van der Waals surface area contributed by atoms with Crippen molar-refractivity contribution in [1.29, 1.82) is 0 Å². The summed E-state index contributed by atoms with van der Waals surface area (Å²) in [5.41, 5.74) is 3.34. The van der Waals surface area contributed by atoms with Crippen LogP contribution in [0.3, 0.4) is 0 Å². The lowest BCUT2D eigenvalue weighted by atomic mass is 10.0. The molecule has 0 radical (unpaired) electrons. The van der Waals surface area contributed by atoms with Gasteiger partial charge in [-0.2, -0.15) is 0 Å². The maximum absolute atomic E-state index is 12.7. The third-order valence-corrected chi connectivity index (χ3v) is 4.69. The van der Waals surface area contributed by atoms with Gasteiger partial charge in [0.25, 0.3) is 5.91 Å². The Bertz CT molecular complexity index is 781. The van der Waals surface area contributed by atoms with Crippen LogP contribution in [-0.2, 0) is 11.2 Å². The number of nitrogens with one attached hydrogen (secondary N) is 2. The van der Waals surface area contributed by atoms with Crippen molar-refractivity contribution in [2.75, 3.05) is 27.2 Å². The highest BCUT2D eigenvalue weighted by Crippen LogP contribution is 2.19. The number of H-pyrrole nitrogens is 1. The van der Waals surface area contributed by atoms with Gasteiger partial charge in [0.05, 0.1) is 12.2 Å². The number of esters is 1. The van der Waals surface area contributed by atoms with Crippen molar-refractivity contribution in [2.45, 2.75) is 33.2 Å². The minimum Gasteiger partial charge on any atom is -0.462 e. The van der Waals surface area contributed by atoms with Crippen molar-refractivity contribution in [3.63, 3.8) is 0 Å². The van der Waals surface area contributed by atoms with Crippen LogP contribution in [0.1, 0.15) is 44.6 Å². The first-order chi connectivity index (χ1) is 12.8. The molecule has 2 N–H and O–H groups in total. The fraction of sp³-hybridized carbons (Fsp3) is 0.429. The van der Waals surface area contributed by atoms with E-state index in [1.165, 1.54) is 5.56 Å². The second-order valence-corrected chi connectivity index (χ2v) is 6.86. The second-order valence-electron chi connectivity index (χ2n) is 6.86. The van der Waals surface area contributed by atoms with Crippen molar-refractivity contribution in [1.82, 2.24) is 15.2 Å². The normalized spacial score (nSPS) is 12.1. The Morgan fingerprint density at radius 1 is 1.19 bits per heavy atom. The van der Waals surface area contributed by atoms with E-state index in [1.807, 2.05) is 32.3 Å². The van der Waals surface area contributed by atoms with E-state index in [4.69, 9.17) is 4.74 Å². The zero-order valence-electron chi connectivity index (χ0n) is 16.8. The monoisotopic (exact) mass is 371 g/mol. The van der Waals surface area contributed by atoms with Crippen LogP contribution < -0.4 is 5.32 Å². The summed E-state index contributed by atoms with van der Waals surface area (Å²) < 4.78 is 5.08. The molecule has 0 saturated carbocycles. The highest BCUT2D eigenvalue weighted by molar-refractivity contribution is 6.00. The number of likely N-dealkylation sites (N-methyl/N-ethyl adjacent to an activating group) is 1. The third-order valence-electron chi connectivity index (χ3n) is 4.69. The summed E-state index contributed by atoms with van der Waals surface area (Å²) in [5, 5.41) is 2.99. The number of nitrogens with zero attached hydrogens (tertiary/aromatic N) is 1. The summed E-state index contributed by atoms with van der Waals surface area (Å²) >= 11 is 0. The summed E-state index contributed by atoms with van der Waals surface area (Å²) in [5.74, 6) is -0.621. The predicted octanol–water partition coefficient (Wildman–Crippen LogP) is 2.71. The number of benzene rings is 1. The lowest BCUT2D eigenvalue weighted by Gasteiger charge is -2.24. The standard InChI is InChI=1S/C21H29N3O3/c1-6-27-21(26)18-14(2)19(23-15(18)3)20(25)22-13-17(24(4)5)12-16-10-8-7-9-11-16/h7-11,17,23H,6,12-13H2,1-5H3,(H,22,25). The molecule has 146 valence electrons. The zero-order chi connectivity index (χ0) is 20.0. The number of aryl methyl sites for hydroxylation is 1. The van der Waals surface area contributed by atoms with Gasteiger partial charge in [0.1, 0.15) is 5.69 Å². The molecule has 1 heterocycles. The van der Waals surface area contributed by atoms with Crippen LogP contribution >= 0.6 is 0 Å². The minimum atomic E-state index is -0.405. The van der Waals surface area contributed by atoms with Gasteiger partial charge in [-0.15, -0.1) is 0 Å². The van der Waals surface area contributed by atoms with Crippen LogP contribution in [0.2, 0.25) is 0 Å². The van der Waals surface area contributed by atoms with E-state index in [-0.39, 0.29) is 11.9 Å². The number of hydrogen-bond donors (Lipinski definition) is 2. The first kappa shape index (κ1) is 20.7. The summed E-state index contributed by atoms with van der Waals surface area (Å²) in [7, 11) is 4.01. The van der Waals surface area contributed by atoms with Crippen molar-refractivity contribution >= 4 is 11.9 Å². The van der Waals surface area contributed by atoms with E-state index in [2.05, 4.69) is 27.3 Å². The molecule has 1 unspecified atom stereocenters. The van der Waals surface area contributed by atoms with Gasteiger partial charge in [0, 0.05) is 18.3 Å². The molecule has 2 rings (SSSR count). The third kappa shape index (κ3) is 5.20. The number of carbonyl (C=O) groups excluding carboxylic acids is 2. The average Bonchev–Trinajstić information content (AvgIpc) is 2.93. The SMILES string of the molecule is CCOC(=O)c1c(C)[nH]c(C(=O)NCC(Cc2ccccc2)N(C)C)c1C. The average molecular weight is 371 g/mol. The molecule has 0 fully saturated rings. The number of rotatable bonds is 8. The van der Waals surface area contributed by atoms with E-state index < -0.39 is 5.97 Å². The fourth-order valence-electron chi connectivity index (χ4n) is 3.11. The molecule has 0 aliphatic heterocycles. The number of carbonyl (C=O) groups is 2. The van der Waals surface area contributed by atoms with Gasteiger partial charge in [-0.05, 0) is 52.4 Å². The van der Waals surface area contributed by atoms with Crippen molar-refractivity contribution < 1.29 is 14.3 Å². The molecule has 0 bridgehead atoms. The molecule has 6 nitrogen and oxygen atoms in total. The first-order valence-electron chi connectivity index (χ1n) is 9.20. The van der Waals surface area contributed by atoms with Crippen LogP contribution in [0.25, 0.3) is 0 Å². The summed E-state index contributed by atoms with van der Waals surface area (Å²) in [6.45, 7) is 6.10. The van der Waals surface area contributed by atoms with E-state index in [0.29, 0.717) is 35.7 Å². The Morgan fingerprint density at radius 2 is 1.85 bits per heavy atom. The summed E-state index contributed by atoms with van der Waals surface area (Å²) in [6.07, 6.45) is 0.838. The Morgan fingerprint density at radius 3 is 2.44 bits per heavy atom. The maximum atomic E-state index is 12.7. The van der Waals surface area contributed by atoms with Gasteiger partial charge in [-0.25, -0.2) is 4.79 Å². The topological polar surface area (TPSA) is 74.4 Å². The molecule has 1 atom stereocenters. The van der Waals surface area contributed by atoms with Crippen LogP contribution in [0.15, 0.2) is 30.3 Å². The van der Waals surface area contributed by atoms with Crippen molar-refractivity contribution in [3.05, 3.63) is 58.4 Å². The Balaban J connectivity index is 2.07. The van der Waals surface area contributed by atoms with Gasteiger partial charge in [-0.3, -0.25) is 4.79 Å². The van der Waals surface area contributed by atoms with Gasteiger partial charge in [-0.1, -0.05) is 30.3 Å².